The summed E-state index contributed by atoms with van der Waals surface area (Å²) in [4.78, 5) is 13.7. The van der Waals surface area contributed by atoms with Gasteiger partial charge in [0.25, 0.3) is 10.0 Å². The van der Waals surface area contributed by atoms with E-state index in [9.17, 15) is 13.2 Å². The number of nitrogen functional groups attached to an aromatic ring is 1. The van der Waals surface area contributed by atoms with Crippen LogP contribution in [0.5, 0.6) is 0 Å². The molecule has 0 spiro atoms. The number of benzene rings is 1. The fraction of sp³-hybridized carbons (Fsp3) is 0.417. The Morgan fingerprint density at radius 1 is 1.38 bits per heavy atom. The second-order valence-electron chi connectivity index (χ2n) is 4.44. The number of nitrogens with zero attached hydrogens (tertiary/aromatic N) is 1. The van der Waals surface area contributed by atoms with E-state index in [0.29, 0.717) is 26.3 Å². The molecule has 1 heterocycles. The van der Waals surface area contributed by atoms with E-state index in [2.05, 4.69) is 9.57 Å². The largest absolute Gasteiger partial charge is 0.465 e. The first-order valence-electron chi connectivity index (χ1n) is 6.27. The third kappa shape index (κ3) is 3.70. The van der Waals surface area contributed by atoms with Crippen molar-refractivity contribution in [1.82, 2.24) is 9.84 Å². The fourth-order valence-electron chi connectivity index (χ4n) is 1.91. The van der Waals surface area contributed by atoms with Crippen LogP contribution in [0.1, 0.15) is 10.4 Å². The molecule has 1 aromatic carbocycles. The number of rotatable bonds is 4. The highest BCUT2D eigenvalue weighted by Crippen LogP contribution is 2.20. The maximum Gasteiger partial charge on any atom is 0.337 e. The van der Waals surface area contributed by atoms with Crippen molar-refractivity contribution in [2.75, 3.05) is 39.1 Å². The van der Waals surface area contributed by atoms with Crippen LogP contribution in [0, 0.1) is 0 Å². The number of hydrazine groups is 1. The third-order valence-electron chi connectivity index (χ3n) is 2.98. The van der Waals surface area contributed by atoms with Crippen molar-refractivity contribution in [2.24, 2.45) is 0 Å². The number of ether oxygens (including phenoxy) is 2. The Labute approximate surface area is 122 Å². The molecule has 1 aromatic rings. The maximum atomic E-state index is 12.3. The van der Waals surface area contributed by atoms with Gasteiger partial charge < -0.3 is 15.2 Å². The SMILES string of the molecule is COC(=O)c1ccc(S(=O)(=O)NN2CCOCC2)c(N)c1. The van der Waals surface area contributed by atoms with E-state index >= 15 is 0 Å². The van der Waals surface area contributed by atoms with E-state index < -0.39 is 16.0 Å². The number of hydrogen-bond donors (Lipinski definition) is 2. The summed E-state index contributed by atoms with van der Waals surface area (Å²) in [6.07, 6.45) is 0. The molecule has 21 heavy (non-hydrogen) atoms. The standard InChI is InChI=1S/C12H17N3O5S/c1-19-12(16)9-2-3-11(10(13)8-9)21(17,18)14-15-4-6-20-7-5-15/h2-3,8,14H,4-7,13H2,1H3. The monoisotopic (exact) mass is 315 g/mol. The number of esters is 1. The van der Waals surface area contributed by atoms with Gasteiger partial charge in [-0.25, -0.2) is 18.2 Å². The number of carbonyl (C=O) groups is 1. The first-order valence-corrected chi connectivity index (χ1v) is 7.75. The highest BCUT2D eigenvalue weighted by molar-refractivity contribution is 7.89. The lowest BCUT2D eigenvalue weighted by molar-refractivity contribution is 0.0272. The average Bonchev–Trinajstić information content (AvgIpc) is 2.46. The van der Waals surface area contributed by atoms with Crippen molar-refractivity contribution < 1.29 is 22.7 Å². The van der Waals surface area contributed by atoms with Crippen molar-refractivity contribution in [2.45, 2.75) is 4.90 Å². The van der Waals surface area contributed by atoms with Crippen LogP contribution in [0.2, 0.25) is 0 Å². The lowest BCUT2D eigenvalue weighted by Gasteiger charge is -2.26. The summed E-state index contributed by atoms with van der Waals surface area (Å²) < 4.78 is 34.3. The van der Waals surface area contributed by atoms with Crippen molar-refractivity contribution in [1.29, 1.82) is 0 Å². The molecule has 0 atom stereocenters. The number of sulfonamides is 1. The Morgan fingerprint density at radius 3 is 2.62 bits per heavy atom. The van der Waals surface area contributed by atoms with E-state index in [1.54, 1.807) is 5.01 Å². The molecule has 116 valence electrons. The van der Waals surface area contributed by atoms with Gasteiger partial charge in [-0.3, -0.25) is 0 Å². The van der Waals surface area contributed by atoms with Gasteiger partial charge in [0.2, 0.25) is 0 Å². The summed E-state index contributed by atoms with van der Waals surface area (Å²) >= 11 is 0. The van der Waals surface area contributed by atoms with E-state index in [-0.39, 0.29) is 16.1 Å². The lowest BCUT2D eigenvalue weighted by Crippen LogP contribution is -2.48. The molecule has 9 heteroatoms. The van der Waals surface area contributed by atoms with Crippen LogP contribution in [0.3, 0.4) is 0 Å². The number of anilines is 1. The molecule has 1 aliphatic rings. The van der Waals surface area contributed by atoms with Gasteiger partial charge in [0.1, 0.15) is 4.90 Å². The second kappa shape index (κ2) is 6.39. The quantitative estimate of drug-likeness (QED) is 0.573. The minimum atomic E-state index is -3.80. The number of nitrogens with two attached hydrogens (primary N) is 1. The van der Waals surface area contributed by atoms with E-state index in [0.717, 1.165) is 0 Å². The Kier molecular flexibility index (Phi) is 4.78. The molecule has 1 aliphatic heterocycles. The highest BCUT2D eigenvalue weighted by Gasteiger charge is 2.23. The molecule has 0 aliphatic carbocycles. The second-order valence-corrected chi connectivity index (χ2v) is 6.07. The number of methoxy groups -OCH3 is 1. The number of morpholine rings is 1. The molecule has 1 saturated heterocycles. The molecule has 3 N–H and O–H groups in total. The zero-order valence-corrected chi connectivity index (χ0v) is 12.4. The Morgan fingerprint density at radius 2 is 2.05 bits per heavy atom. The molecular weight excluding hydrogens is 298 g/mol. The lowest BCUT2D eigenvalue weighted by atomic mass is 10.2. The van der Waals surface area contributed by atoms with E-state index in [4.69, 9.17) is 10.5 Å². The smallest absolute Gasteiger partial charge is 0.337 e. The van der Waals surface area contributed by atoms with Crippen molar-refractivity contribution in [3.8, 4) is 0 Å². The molecule has 1 fully saturated rings. The van der Waals surface area contributed by atoms with Crippen LogP contribution in [-0.4, -0.2) is 52.8 Å². The van der Waals surface area contributed by atoms with Gasteiger partial charge in [0, 0.05) is 13.1 Å². The van der Waals surface area contributed by atoms with Gasteiger partial charge >= 0.3 is 5.97 Å². The summed E-state index contributed by atoms with van der Waals surface area (Å²) in [7, 11) is -2.56. The molecule has 0 amide bonds. The van der Waals surface area contributed by atoms with Gasteiger partial charge in [0.05, 0.1) is 31.6 Å². The summed E-state index contributed by atoms with van der Waals surface area (Å²) in [5.41, 5.74) is 5.91. The maximum absolute atomic E-state index is 12.3. The van der Waals surface area contributed by atoms with Crippen LogP contribution >= 0.6 is 0 Å². The van der Waals surface area contributed by atoms with Crippen molar-refractivity contribution in [3.63, 3.8) is 0 Å². The molecule has 0 aromatic heterocycles. The zero-order chi connectivity index (χ0) is 15.5. The summed E-state index contributed by atoms with van der Waals surface area (Å²) in [5.74, 6) is -0.577. The van der Waals surface area contributed by atoms with Crippen LogP contribution in [0.15, 0.2) is 23.1 Å². The first kappa shape index (κ1) is 15.7. The van der Waals surface area contributed by atoms with Crippen molar-refractivity contribution >= 4 is 21.7 Å². The van der Waals surface area contributed by atoms with Crippen LogP contribution in [0.25, 0.3) is 0 Å². The van der Waals surface area contributed by atoms with Crippen LogP contribution in [0.4, 0.5) is 5.69 Å². The Hall–Kier alpha value is -1.68. The number of hydrogen-bond acceptors (Lipinski definition) is 7. The van der Waals surface area contributed by atoms with E-state index in [1.165, 1.54) is 25.3 Å². The molecule has 8 nitrogen and oxygen atoms in total. The minimum Gasteiger partial charge on any atom is -0.465 e. The predicted molar refractivity (Wildman–Crippen MR) is 74.9 cm³/mol. The molecule has 0 unspecified atom stereocenters. The molecule has 0 saturated carbocycles. The van der Waals surface area contributed by atoms with Gasteiger partial charge in [0.15, 0.2) is 0 Å². The zero-order valence-electron chi connectivity index (χ0n) is 11.5. The predicted octanol–water partition coefficient (Wildman–Crippen LogP) is -0.419. The van der Waals surface area contributed by atoms with Gasteiger partial charge in [-0.1, -0.05) is 0 Å². The fourth-order valence-corrected chi connectivity index (χ4v) is 3.15. The average molecular weight is 315 g/mol. The molecular formula is C12H17N3O5S. The summed E-state index contributed by atoms with van der Waals surface area (Å²) in [6, 6.07) is 3.92. The number of nitrogens with one attached hydrogen (secondary N) is 1. The minimum absolute atomic E-state index is 0.0151. The normalized spacial score (nSPS) is 16.6. The van der Waals surface area contributed by atoms with Crippen LogP contribution in [-0.2, 0) is 19.5 Å². The van der Waals surface area contributed by atoms with Crippen molar-refractivity contribution in [3.05, 3.63) is 23.8 Å². The topological polar surface area (TPSA) is 111 Å². The van der Waals surface area contributed by atoms with Crippen LogP contribution < -0.4 is 10.6 Å². The van der Waals surface area contributed by atoms with Gasteiger partial charge in [-0.05, 0) is 18.2 Å². The molecule has 0 radical (unpaired) electrons. The van der Waals surface area contributed by atoms with E-state index in [1.807, 2.05) is 0 Å². The number of carbonyl (C=O) groups excluding carboxylic acids is 1. The first-order chi connectivity index (χ1) is 9.94. The Bertz CT molecular complexity index is 626. The Balaban J connectivity index is 2.21. The van der Waals surface area contributed by atoms with Gasteiger partial charge in [-0.15, -0.1) is 4.83 Å². The summed E-state index contributed by atoms with van der Waals surface area (Å²) in [6.45, 7) is 1.83. The summed E-state index contributed by atoms with van der Waals surface area (Å²) in [5, 5.41) is 1.55. The molecule has 0 bridgehead atoms. The molecule has 2 rings (SSSR count). The highest BCUT2D eigenvalue weighted by atomic mass is 32.2. The van der Waals surface area contributed by atoms with Gasteiger partial charge in [-0.2, -0.15) is 0 Å². The third-order valence-corrected chi connectivity index (χ3v) is 4.43.